The van der Waals surface area contributed by atoms with Crippen molar-refractivity contribution in [3.8, 4) is 11.1 Å². The summed E-state index contributed by atoms with van der Waals surface area (Å²) < 4.78 is 7.35. The lowest BCUT2D eigenvalue weighted by molar-refractivity contribution is 0.00834. The van der Waals surface area contributed by atoms with Crippen LogP contribution in [0.5, 0.6) is 0 Å². The predicted octanol–water partition coefficient (Wildman–Crippen LogP) is 3.44. The molecular formula is C24H29N7O2. The molecule has 0 aromatic carbocycles. The molecule has 0 bridgehead atoms. The van der Waals surface area contributed by atoms with Crippen LogP contribution in [0.1, 0.15) is 49.7 Å². The fourth-order valence-electron chi connectivity index (χ4n) is 4.52. The molecule has 172 valence electrons. The molecule has 5 heterocycles. The molecule has 0 amide bonds. The second kappa shape index (κ2) is 8.15. The van der Waals surface area contributed by atoms with Gasteiger partial charge in [-0.3, -0.25) is 4.68 Å². The molecule has 2 aliphatic heterocycles. The fraction of sp³-hybridized carbons (Fsp3) is 0.417. The van der Waals surface area contributed by atoms with Crippen LogP contribution in [-0.2, 0) is 16.9 Å². The normalized spacial score (nSPS) is 19.3. The molecule has 3 aromatic heterocycles. The van der Waals surface area contributed by atoms with Crippen LogP contribution in [0.3, 0.4) is 0 Å². The van der Waals surface area contributed by atoms with Gasteiger partial charge in [-0.15, -0.1) is 0 Å². The third-order valence-electron chi connectivity index (χ3n) is 6.24. The molecule has 3 aromatic rings. The van der Waals surface area contributed by atoms with Gasteiger partial charge in [0.2, 0.25) is 0 Å². The number of pyridine rings is 2. The Hall–Kier alpha value is -3.46. The van der Waals surface area contributed by atoms with E-state index in [1.807, 2.05) is 43.2 Å². The molecule has 2 aliphatic rings. The van der Waals surface area contributed by atoms with Crippen molar-refractivity contribution in [2.45, 2.75) is 51.8 Å². The van der Waals surface area contributed by atoms with Crippen LogP contribution in [-0.4, -0.2) is 44.8 Å². The highest BCUT2D eigenvalue weighted by Crippen LogP contribution is 2.37. The van der Waals surface area contributed by atoms with E-state index in [1.54, 1.807) is 12.1 Å². The van der Waals surface area contributed by atoms with Crippen molar-refractivity contribution in [2.24, 2.45) is 5.73 Å². The minimum atomic E-state index is -0.754. The number of fused-ring (bicyclic) bond motifs is 1. The summed E-state index contributed by atoms with van der Waals surface area (Å²) in [4.78, 5) is 23.7. The Labute approximate surface area is 193 Å². The number of carbonyl (C=O) groups is 1. The van der Waals surface area contributed by atoms with Gasteiger partial charge in [0.1, 0.15) is 22.9 Å². The molecule has 33 heavy (non-hydrogen) atoms. The molecular weight excluding hydrogens is 418 g/mol. The average Bonchev–Trinajstić information content (AvgIpc) is 3.36. The first-order chi connectivity index (χ1) is 15.8. The van der Waals surface area contributed by atoms with Gasteiger partial charge in [-0.25, -0.2) is 14.8 Å². The van der Waals surface area contributed by atoms with Gasteiger partial charge in [0.25, 0.3) is 0 Å². The summed E-state index contributed by atoms with van der Waals surface area (Å²) in [6.07, 6.45) is 7.88. The van der Waals surface area contributed by atoms with E-state index in [0.717, 1.165) is 49.3 Å². The molecule has 1 saturated heterocycles. The number of hydrogen-bond acceptors (Lipinski definition) is 8. The van der Waals surface area contributed by atoms with Crippen LogP contribution >= 0.6 is 0 Å². The number of hydrogen-bond donors (Lipinski definition) is 2. The summed E-state index contributed by atoms with van der Waals surface area (Å²) in [6.45, 7) is 8.29. The highest BCUT2D eigenvalue weighted by molar-refractivity contribution is 5.94. The van der Waals surface area contributed by atoms with E-state index in [2.05, 4.69) is 32.2 Å². The van der Waals surface area contributed by atoms with Crippen molar-refractivity contribution in [3.63, 3.8) is 0 Å². The van der Waals surface area contributed by atoms with Crippen LogP contribution in [0.2, 0.25) is 0 Å². The van der Waals surface area contributed by atoms with Crippen LogP contribution in [0.4, 0.5) is 17.3 Å². The summed E-state index contributed by atoms with van der Waals surface area (Å²) >= 11 is 0. The maximum absolute atomic E-state index is 12.1. The van der Waals surface area contributed by atoms with E-state index < -0.39 is 5.60 Å². The van der Waals surface area contributed by atoms with Crippen LogP contribution in [0.15, 0.2) is 36.8 Å². The van der Waals surface area contributed by atoms with Crippen molar-refractivity contribution in [1.29, 1.82) is 0 Å². The van der Waals surface area contributed by atoms with Crippen LogP contribution in [0, 0.1) is 0 Å². The third-order valence-corrected chi connectivity index (χ3v) is 6.24. The third kappa shape index (κ3) is 4.04. The molecule has 0 saturated carbocycles. The van der Waals surface area contributed by atoms with Gasteiger partial charge in [-0.1, -0.05) is 0 Å². The Balaban J connectivity index is 1.50. The van der Waals surface area contributed by atoms with Gasteiger partial charge in [-0.2, -0.15) is 5.10 Å². The Kier molecular flexibility index (Phi) is 5.28. The molecule has 3 N–H and O–H groups in total. The van der Waals surface area contributed by atoms with Gasteiger partial charge in [0, 0.05) is 61.0 Å². The summed E-state index contributed by atoms with van der Waals surface area (Å²) in [5.74, 6) is 0.944. The monoisotopic (exact) mass is 447 g/mol. The Bertz CT molecular complexity index is 1200. The molecule has 1 atom stereocenters. The standard InChI is InChI=1S/C24H29N7O2/c1-4-31-13-15(11-27-31)18-12-26-21(10-19(18)30-9-5-6-16(25)14-30)28-20-8-7-17-22(29-20)24(2,3)33-23(17)32/h7-8,10-13,16H,4-6,9,14,25H2,1-3H3,(H,26,28,29)/t16-/m1/s1. The second-order valence-corrected chi connectivity index (χ2v) is 9.14. The zero-order chi connectivity index (χ0) is 23.2. The van der Waals surface area contributed by atoms with Gasteiger partial charge in [-0.05, 0) is 45.7 Å². The number of esters is 1. The lowest BCUT2D eigenvalue weighted by Gasteiger charge is -2.34. The second-order valence-electron chi connectivity index (χ2n) is 9.14. The highest BCUT2D eigenvalue weighted by atomic mass is 16.6. The molecule has 9 nitrogen and oxygen atoms in total. The molecule has 9 heteroatoms. The van der Waals surface area contributed by atoms with E-state index in [4.69, 9.17) is 10.5 Å². The predicted molar refractivity (Wildman–Crippen MR) is 127 cm³/mol. The fourth-order valence-corrected chi connectivity index (χ4v) is 4.52. The number of aromatic nitrogens is 4. The average molecular weight is 448 g/mol. The molecule has 5 rings (SSSR count). The van der Waals surface area contributed by atoms with Crippen molar-refractivity contribution in [1.82, 2.24) is 19.7 Å². The molecule has 0 radical (unpaired) electrons. The smallest absolute Gasteiger partial charge is 0.341 e. The highest BCUT2D eigenvalue weighted by Gasteiger charge is 2.39. The lowest BCUT2D eigenvalue weighted by Crippen LogP contribution is -2.43. The maximum Gasteiger partial charge on any atom is 0.341 e. The van der Waals surface area contributed by atoms with Crippen molar-refractivity contribution in [2.75, 3.05) is 23.3 Å². The van der Waals surface area contributed by atoms with Gasteiger partial charge in [0.15, 0.2) is 0 Å². The zero-order valence-electron chi connectivity index (χ0n) is 19.2. The topological polar surface area (TPSA) is 111 Å². The minimum absolute atomic E-state index is 0.146. The number of nitrogens with one attached hydrogen (secondary N) is 1. The quantitative estimate of drug-likeness (QED) is 0.572. The van der Waals surface area contributed by atoms with E-state index in [0.29, 0.717) is 22.9 Å². The lowest BCUT2D eigenvalue weighted by atomic mass is 10.0. The Morgan fingerprint density at radius 2 is 2.09 bits per heavy atom. The first kappa shape index (κ1) is 21.4. The first-order valence-corrected chi connectivity index (χ1v) is 11.4. The summed E-state index contributed by atoms with van der Waals surface area (Å²) in [6, 6.07) is 5.71. The van der Waals surface area contributed by atoms with Crippen molar-refractivity contribution in [3.05, 3.63) is 48.0 Å². The van der Waals surface area contributed by atoms with Crippen molar-refractivity contribution >= 4 is 23.3 Å². The zero-order valence-corrected chi connectivity index (χ0v) is 19.2. The van der Waals surface area contributed by atoms with Crippen LogP contribution in [0.25, 0.3) is 11.1 Å². The van der Waals surface area contributed by atoms with Crippen molar-refractivity contribution < 1.29 is 9.53 Å². The van der Waals surface area contributed by atoms with E-state index in [-0.39, 0.29) is 12.0 Å². The number of nitrogens with two attached hydrogens (primary N) is 1. The Morgan fingerprint density at radius 3 is 2.85 bits per heavy atom. The molecule has 0 spiro atoms. The van der Waals surface area contributed by atoms with Crippen LogP contribution < -0.4 is 16.0 Å². The Morgan fingerprint density at radius 1 is 1.24 bits per heavy atom. The number of piperidine rings is 1. The summed E-state index contributed by atoms with van der Waals surface area (Å²) in [5.41, 5.74) is 9.79. The van der Waals surface area contributed by atoms with E-state index in [1.165, 1.54) is 0 Å². The number of rotatable bonds is 5. The van der Waals surface area contributed by atoms with E-state index >= 15 is 0 Å². The number of cyclic esters (lactones) is 1. The minimum Gasteiger partial charge on any atom is -0.449 e. The number of nitrogens with zero attached hydrogens (tertiary/aromatic N) is 5. The summed E-state index contributed by atoms with van der Waals surface area (Å²) in [5, 5.41) is 7.74. The van der Waals surface area contributed by atoms with E-state index in [9.17, 15) is 4.79 Å². The SMILES string of the molecule is CCn1cc(-c2cnc(Nc3ccc4c(n3)C(C)(C)OC4=O)cc2N2CCC[C@@H](N)C2)cn1. The number of aryl methyl sites for hydroxylation is 1. The number of carbonyl (C=O) groups excluding carboxylic acids is 1. The summed E-state index contributed by atoms with van der Waals surface area (Å²) in [7, 11) is 0. The first-order valence-electron chi connectivity index (χ1n) is 11.4. The largest absolute Gasteiger partial charge is 0.449 e. The molecule has 0 aliphatic carbocycles. The van der Waals surface area contributed by atoms with Gasteiger partial charge >= 0.3 is 5.97 Å². The number of anilines is 3. The molecule has 0 unspecified atom stereocenters. The van der Waals surface area contributed by atoms with Gasteiger partial charge < -0.3 is 20.7 Å². The van der Waals surface area contributed by atoms with Gasteiger partial charge in [0.05, 0.1) is 11.8 Å². The molecule has 1 fully saturated rings. The maximum atomic E-state index is 12.1. The number of ether oxygens (including phenoxy) is 1.